The van der Waals surface area contributed by atoms with Crippen molar-refractivity contribution in [2.24, 2.45) is 0 Å². The highest BCUT2D eigenvalue weighted by Gasteiger charge is 2.10. The van der Waals surface area contributed by atoms with Crippen LogP contribution in [0, 0.1) is 0 Å². The summed E-state index contributed by atoms with van der Waals surface area (Å²) in [6.45, 7) is 6.32. The Balaban J connectivity index is 2.18. The zero-order chi connectivity index (χ0) is 13.1. The van der Waals surface area contributed by atoms with Gasteiger partial charge in [-0.2, -0.15) is 0 Å². The van der Waals surface area contributed by atoms with E-state index in [-0.39, 0.29) is 6.04 Å². The molecule has 0 bridgehead atoms. The summed E-state index contributed by atoms with van der Waals surface area (Å²) in [5.74, 6) is 2.03. The van der Waals surface area contributed by atoms with Crippen molar-refractivity contribution >= 4 is 33.1 Å². The Hall–Kier alpha value is -0.940. The van der Waals surface area contributed by atoms with Crippen molar-refractivity contribution in [3.05, 3.63) is 38.9 Å². The lowest BCUT2D eigenvalue weighted by Crippen LogP contribution is -2.09. The van der Waals surface area contributed by atoms with Gasteiger partial charge in [0.2, 0.25) is 0 Å². The van der Waals surface area contributed by atoms with Gasteiger partial charge in [-0.1, -0.05) is 19.9 Å². The molecule has 0 spiro atoms. The second kappa shape index (κ2) is 5.80. The molecular formula is C13H16BrN3S. The molecule has 0 amide bonds. The van der Waals surface area contributed by atoms with Crippen molar-refractivity contribution in [1.82, 2.24) is 9.97 Å². The zero-order valence-corrected chi connectivity index (χ0v) is 13.0. The minimum absolute atomic E-state index is 0.256. The molecule has 0 aromatic carbocycles. The van der Waals surface area contributed by atoms with Crippen LogP contribution >= 0.6 is 27.3 Å². The van der Waals surface area contributed by atoms with Crippen LogP contribution in [0.5, 0.6) is 0 Å². The number of rotatable bonds is 4. The van der Waals surface area contributed by atoms with Gasteiger partial charge in [0.25, 0.3) is 0 Å². The molecule has 0 radical (unpaired) electrons. The Labute approximate surface area is 120 Å². The van der Waals surface area contributed by atoms with Gasteiger partial charge >= 0.3 is 0 Å². The Kier molecular flexibility index (Phi) is 4.35. The van der Waals surface area contributed by atoms with Crippen LogP contribution in [-0.4, -0.2) is 9.97 Å². The molecule has 2 rings (SSSR count). The second-order valence-corrected chi connectivity index (χ2v) is 6.26. The minimum atomic E-state index is 0.256. The molecule has 2 aromatic rings. The highest BCUT2D eigenvalue weighted by atomic mass is 79.9. The fraction of sp³-hybridized carbons (Fsp3) is 0.385. The molecule has 0 aliphatic rings. The standard InChI is InChI=1S/C13H16BrN3S/c1-8(2)13-16-11(14)7-12(17-13)15-9(3)10-5-4-6-18-10/h4-9H,1-3H3,(H,15,16,17). The highest BCUT2D eigenvalue weighted by molar-refractivity contribution is 9.10. The number of nitrogens with zero attached hydrogens (tertiary/aromatic N) is 2. The van der Waals surface area contributed by atoms with Gasteiger partial charge < -0.3 is 5.32 Å². The van der Waals surface area contributed by atoms with E-state index in [0.29, 0.717) is 5.92 Å². The van der Waals surface area contributed by atoms with Gasteiger partial charge in [0.1, 0.15) is 16.2 Å². The lowest BCUT2D eigenvalue weighted by Gasteiger charge is -2.14. The maximum absolute atomic E-state index is 4.54. The van der Waals surface area contributed by atoms with Crippen molar-refractivity contribution in [2.75, 3.05) is 5.32 Å². The Morgan fingerprint density at radius 2 is 2.06 bits per heavy atom. The molecular weight excluding hydrogens is 310 g/mol. The van der Waals surface area contributed by atoms with Crippen LogP contribution in [0.15, 0.2) is 28.2 Å². The van der Waals surface area contributed by atoms with Crippen LogP contribution < -0.4 is 5.32 Å². The van der Waals surface area contributed by atoms with Gasteiger partial charge in [-0.05, 0) is 34.3 Å². The number of halogens is 1. The predicted octanol–water partition coefficient (Wildman–Crippen LogP) is 4.60. The molecule has 96 valence electrons. The SMILES string of the molecule is CC(C)c1nc(Br)cc(NC(C)c2cccs2)n1. The van der Waals surface area contributed by atoms with Gasteiger partial charge in [0.15, 0.2) is 0 Å². The third kappa shape index (κ3) is 3.29. The quantitative estimate of drug-likeness (QED) is 0.835. The van der Waals surface area contributed by atoms with Gasteiger partial charge in [-0.15, -0.1) is 11.3 Å². The maximum Gasteiger partial charge on any atom is 0.134 e. The Bertz CT molecular complexity index is 511. The molecule has 0 fully saturated rings. The van der Waals surface area contributed by atoms with Gasteiger partial charge in [-0.3, -0.25) is 0 Å². The van der Waals surface area contributed by atoms with E-state index in [1.807, 2.05) is 6.07 Å². The van der Waals surface area contributed by atoms with E-state index in [1.165, 1.54) is 4.88 Å². The number of thiophene rings is 1. The van der Waals surface area contributed by atoms with Crippen molar-refractivity contribution in [3.8, 4) is 0 Å². The van der Waals surface area contributed by atoms with E-state index in [4.69, 9.17) is 0 Å². The zero-order valence-electron chi connectivity index (χ0n) is 10.6. The first-order valence-corrected chi connectivity index (χ1v) is 7.58. The van der Waals surface area contributed by atoms with Gasteiger partial charge in [-0.25, -0.2) is 9.97 Å². The van der Waals surface area contributed by atoms with E-state index >= 15 is 0 Å². The molecule has 0 saturated heterocycles. The van der Waals surface area contributed by atoms with Crippen molar-refractivity contribution in [2.45, 2.75) is 32.7 Å². The van der Waals surface area contributed by atoms with Crippen molar-refractivity contribution < 1.29 is 0 Å². The molecule has 5 heteroatoms. The van der Waals surface area contributed by atoms with Crippen LogP contribution in [-0.2, 0) is 0 Å². The fourth-order valence-corrected chi connectivity index (χ4v) is 2.73. The summed E-state index contributed by atoms with van der Waals surface area (Å²) in [4.78, 5) is 10.2. The summed E-state index contributed by atoms with van der Waals surface area (Å²) in [6, 6.07) is 6.36. The number of anilines is 1. The largest absolute Gasteiger partial charge is 0.363 e. The van der Waals surface area contributed by atoms with Gasteiger partial charge in [0.05, 0.1) is 6.04 Å². The molecule has 1 unspecified atom stereocenters. The lowest BCUT2D eigenvalue weighted by atomic mass is 10.2. The summed E-state index contributed by atoms with van der Waals surface area (Å²) >= 11 is 5.18. The third-order valence-corrected chi connectivity index (χ3v) is 4.02. The molecule has 18 heavy (non-hydrogen) atoms. The van der Waals surface area contributed by atoms with Crippen LogP contribution in [0.3, 0.4) is 0 Å². The molecule has 1 N–H and O–H groups in total. The summed E-state index contributed by atoms with van der Waals surface area (Å²) < 4.78 is 0.821. The van der Waals surface area contributed by atoms with E-state index in [1.54, 1.807) is 11.3 Å². The topological polar surface area (TPSA) is 37.8 Å². The highest BCUT2D eigenvalue weighted by Crippen LogP contribution is 2.24. The molecule has 0 aliphatic carbocycles. The van der Waals surface area contributed by atoms with Crippen LogP contribution in [0.4, 0.5) is 5.82 Å². The molecule has 1 atom stereocenters. The van der Waals surface area contributed by atoms with Crippen LogP contribution in [0.2, 0.25) is 0 Å². The molecule has 2 heterocycles. The summed E-state index contributed by atoms with van der Waals surface area (Å²) in [7, 11) is 0. The number of aromatic nitrogens is 2. The van der Waals surface area contributed by atoms with E-state index in [2.05, 4.69) is 69.5 Å². The predicted molar refractivity (Wildman–Crippen MR) is 80.2 cm³/mol. The lowest BCUT2D eigenvalue weighted by molar-refractivity contribution is 0.764. The fourth-order valence-electron chi connectivity index (χ4n) is 1.60. The number of hydrogen-bond acceptors (Lipinski definition) is 4. The van der Waals surface area contributed by atoms with E-state index < -0.39 is 0 Å². The van der Waals surface area contributed by atoms with Gasteiger partial charge in [0, 0.05) is 16.9 Å². The first kappa shape index (κ1) is 13.5. The minimum Gasteiger partial charge on any atom is -0.363 e. The summed E-state index contributed by atoms with van der Waals surface area (Å²) in [6.07, 6.45) is 0. The monoisotopic (exact) mass is 325 g/mol. The third-order valence-electron chi connectivity index (χ3n) is 2.56. The normalized spacial score (nSPS) is 12.7. The van der Waals surface area contributed by atoms with Crippen molar-refractivity contribution in [3.63, 3.8) is 0 Å². The first-order valence-electron chi connectivity index (χ1n) is 5.90. The average Bonchev–Trinajstić information content (AvgIpc) is 2.81. The number of nitrogens with one attached hydrogen (secondary N) is 1. The number of hydrogen-bond donors (Lipinski definition) is 1. The first-order chi connectivity index (χ1) is 8.56. The molecule has 2 aromatic heterocycles. The second-order valence-electron chi connectivity index (χ2n) is 4.47. The Morgan fingerprint density at radius 1 is 1.28 bits per heavy atom. The molecule has 3 nitrogen and oxygen atoms in total. The maximum atomic E-state index is 4.54. The summed E-state index contributed by atoms with van der Waals surface area (Å²) in [5, 5.41) is 5.50. The molecule has 0 aliphatic heterocycles. The van der Waals surface area contributed by atoms with Crippen molar-refractivity contribution in [1.29, 1.82) is 0 Å². The van der Waals surface area contributed by atoms with E-state index in [9.17, 15) is 0 Å². The summed E-state index contributed by atoms with van der Waals surface area (Å²) in [5.41, 5.74) is 0. The Morgan fingerprint density at radius 3 is 2.67 bits per heavy atom. The average molecular weight is 326 g/mol. The smallest absolute Gasteiger partial charge is 0.134 e. The van der Waals surface area contributed by atoms with E-state index in [0.717, 1.165) is 16.2 Å². The van der Waals surface area contributed by atoms with Crippen LogP contribution in [0.1, 0.15) is 43.4 Å². The molecule has 0 saturated carbocycles. The van der Waals surface area contributed by atoms with Crippen LogP contribution in [0.25, 0.3) is 0 Å².